The minimum atomic E-state index is 0.481. The van der Waals surface area contributed by atoms with Crippen molar-refractivity contribution in [1.29, 1.82) is 0 Å². The molecule has 122 valence electrons. The number of thioether (sulfide) groups is 1. The van der Waals surface area contributed by atoms with Gasteiger partial charge >= 0.3 is 0 Å². The highest BCUT2D eigenvalue weighted by atomic mass is 35.5. The number of hydrogen-bond donors (Lipinski definition) is 1. The van der Waals surface area contributed by atoms with Crippen molar-refractivity contribution in [2.45, 2.75) is 13.8 Å². The molecule has 0 spiro atoms. The predicted molar refractivity (Wildman–Crippen MR) is 102 cm³/mol. The number of benzene rings is 2. The second-order valence-corrected chi connectivity index (χ2v) is 7.03. The molecule has 0 saturated carbocycles. The molecule has 0 aromatic heterocycles. The van der Waals surface area contributed by atoms with Crippen LogP contribution in [0.5, 0.6) is 5.75 Å². The molecular formula is C17H18Cl2N2OS. The van der Waals surface area contributed by atoms with Gasteiger partial charge in [-0.05, 0) is 55.3 Å². The average molecular weight is 369 g/mol. The summed E-state index contributed by atoms with van der Waals surface area (Å²) >= 11 is 13.3. The van der Waals surface area contributed by atoms with E-state index in [1.807, 2.05) is 26.0 Å². The van der Waals surface area contributed by atoms with Crippen LogP contribution in [-0.2, 0) is 0 Å². The minimum absolute atomic E-state index is 0.481. The molecule has 0 radical (unpaired) electrons. The standard InChI is InChI=1S/C17H18Cl2N2OS/c1-11-7-12(2)9-14(8-11)21-17(20)23-6-5-22-16-4-3-13(18)10-15(16)19/h3-4,7-10H,5-6H2,1-2H3,(H2,20,21). The van der Waals surface area contributed by atoms with Crippen molar-refractivity contribution in [3.05, 3.63) is 57.6 Å². The van der Waals surface area contributed by atoms with Gasteiger partial charge < -0.3 is 10.5 Å². The van der Waals surface area contributed by atoms with Crippen molar-refractivity contribution >= 4 is 45.8 Å². The summed E-state index contributed by atoms with van der Waals surface area (Å²) in [6, 6.07) is 11.3. The van der Waals surface area contributed by atoms with E-state index in [2.05, 4.69) is 11.1 Å². The number of aliphatic imine (C=N–C) groups is 1. The fourth-order valence-electron chi connectivity index (χ4n) is 2.06. The Kier molecular flexibility index (Phi) is 6.63. The quantitative estimate of drug-likeness (QED) is 0.438. The maximum absolute atomic E-state index is 6.04. The molecule has 0 saturated heterocycles. The topological polar surface area (TPSA) is 47.6 Å². The molecule has 0 atom stereocenters. The fraction of sp³-hybridized carbons (Fsp3) is 0.235. The Labute approximate surface area is 150 Å². The maximum Gasteiger partial charge on any atom is 0.159 e. The van der Waals surface area contributed by atoms with Crippen LogP contribution in [0.4, 0.5) is 5.69 Å². The van der Waals surface area contributed by atoms with Gasteiger partial charge in [0.1, 0.15) is 5.75 Å². The lowest BCUT2D eigenvalue weighted by molar-refractivity contribution is 0.344. The van der Waals surface area contributed by atoms with E-state index in [4.69, 9.17) is 33.7 Å². The van der Waals surface area contributed by atoms with Gasteiger partial charge in [0.15, 0.2) is 5.17 Å². The molecule has 23 heavy (non-hydrogen) atoms. The van der Waals surface area contributed by atoms with Crippen LogP contribution in [0.1, 0.15) is 11.1 Å². The number of halogens is 2. The molecule has 0 aliphatic carbocycles. The number of nitrogens with zero attached hydrogens (tertiary/aromatic N) is 1. The van der Waals surface area contributed by atoms with Gasteiger partial charge in [0.2, 0.25) is 0 Å². The molecule has 0 amide bonds. The monoisotopic (exact) mass is 368 g/mol. The first-order valence-electron chi connectivity index (χ1n) is 7.07. The van der Waals surface area contributed by atoms with Crippen molar-refractivity contribution in [3.63, 3.8) is 0 Å². The van der Waals surface area contributed by atoms with Gasteiger partial charge in [-0.25, -0.2) is 4.99 Å². The Morgan fingerprint density at radius 3 is 2.48 bits per heavy atom. The Morgan fingerprint density at radius 1 is 1.13 bits per heavy atom. The SMILES string of the molecule is Cc1cc(C)cc(N=C(N)SCCOc2ccc(Cl)cc2Cl)c1. The number of ether oxygens (including phenoxy) is 1. The summed E-state index contributed by atoms with van der Waals surface area (Å²) in [4.78, 5) is 4.41. The van der Waals surface area contributed by atoms with E-state index in [1.54, 1.807) is 18.2 Å². The lowest BCUT2D eigenvalue weighted by Gasteiger charge is -2.08. The highest BCUT2D eigenvalue weighted by Crippen LogP contribution is 2.27. The third-order valence-corrected chi connectivity index (χ3v) is 4.22. The molecule has 2 aromatic rings. The summed E-state index contributed by atoms with van der Waals surface area (Å²) < 4.78 is 5.61. The molecule has 2 rings (SSSR count). The Morgan fingerprint density at radius 2 is 1.83 bits per heavy atom. The molecule has 2 aromatic carbocycles. The second kappa shape index (κ2) is 8.48. The Hall–Kier alpha value is -1.36. The zero-order valence-corrected chi connectivity index (χ0v) is 15.3. The van der Waals surface area contributed by atoms with Crippen LogP contribution < -0.4 is 10.5 Å². The molecule has 0 aliphatic rings. The molecule has 0 fully saturated rings. The zero-order valence-electron chi connectivity index (χ0n) is 13.0. The van der Waals surface area contributed by atoms with Crippen LogP contribution in [-0.4, -0.2) is 17.5 Å². The largest absolute Gasteiger partial charge is 0.491 e. The van der Waals surface area contributed by atoms with Crippen LogP contribution >= 0.6 is 35.0 Å². The predicted octanol–water partition coefficient (Wildman–Crippen LogP) is 5.37. The van der Waals surface area contributed by atoms with E-state index in [0.717, 1.165) is 5.69 Å². The summed E-state index contributed by atoms with van der Waals surface area (Å²) in [5.41, 5.74) is 9.16. The van der Waals surface area contributed by atoms with Gasteiger partial charge in [-0.1, -0.05) is 41.0 Å². The van der Waals surface area contributed by atoms with E-state index >= 15 is 0 Å². The van der Waals surface area contributed by atoms with Gasteiger partial charge in [-0.3, -0.25) is 0 Å². The summed E-state index contributed by atoms with van der Waals surface area (Å²) in [6.07, 6.45) is 0. The number of aryl methyl sites for hydroxylation is 2. The molecular weight excluding hydrogens is 351 g/mol. The summed E-state index contributed by atoms with van der Waals surface area (Å²) in [5, 5.41) is 1.60. The van der Waals surface area contributed by atoms with Gasteiger partial charge in [0, 0.05) is 10.8 Å². The highest BCUT2D eigenvalue weighted by Gasteiger charge is 2.03. The first kappa shape index (κ1) is 18.0. The van der Waals surface area contributed by atoms with Crippen LogP contribution in [0.2, 0.25) is 10.0 Å². The molecule has 3 nitrogen and oxygen atoms in total. The minimum Gasteiger partial charge on any atom is -0.491 e. The van der Waals surface area contributed by atoms with Crippen molar-refractivity contribution in [3.8, 4) is 5.75 Å². The molecule has 6 heteroatoms. The van der Waals surface area contributed by atoms with Crippen molar-refractivity contribution in [1.82, 2.24) is 0 Å². The lowest BCUT2D eigenvalue weighted by Crippen LogP contribution is -2.10. The first-order chi connectivity index (χ1) is 10.9. The molecule has 0 unspecified atom stereocenters. The summed E-state index contributed by atoms with van der Waals surface area (Å²) in [7, 11) is 0. The van der Waals surface area contributed by atoms with Crippen molar-refractivity contribution in [2.24, 2.45) is 10.7 Å². The molecule has 0 heterocycles. The smallest absolute Gasteiger partial charge is 0.159 e. The van der Waals surface area contributed by atoms with Crippen LogP contribution in [0.25, 0.3) is 0 Å². The van der Waals surface area contributed by atoms with E-state index in [9.17, 15) is 0 Å². The number of nitrogens with two attached hydrogens (primary N) is 1. The molecule has 0 bridgehead atoms. The number of rotatable bonds is 5. The van der Waals surface area contributed by atoms with E-state index in [0.29, 0.717) is 33.3 Å². The lowest BCUT2D eigenvalue weighted by atomic mass is 10.1. The Balaban J connectivity index is 1.84. The van der Waals surface area contributed by atoms with Gasteiger partial charge in [0.25, 0.3) is 0 Å². The van der Waals surface area contributed by atoms with Gasteiger partial charge in [0.05, 0.1) is 17.3 Å². The van der Waals surface area contributed by atoms with Crippen LogP contribution in [0.15, 0.2) is 41.4 Å². The third kappa shape index (κ3) is 5.98. The van der Waals surface area contributed by atoms with Gasteiger partial charge in [-0.2, -0.15) is 0 Å². The first-order valence-corrected chi connectivity index (χ1v) is 8.81. The van der Waals surface area contributed by atoms with Crippen LogP contribution in [0, 0.1) is 13.8 Å². The highest BCUT2D eigenvalue weighted by molar-refractivity contribution is 8.13. The molecule has 0 aliphatic heterocycles. The summed E-state index contributed by atoms with van der Waals surface area (Å²) in [5.74, 6) is 1.29. The van der Waals surface area contributed by atoms with Crippen LogP contribution in [0.3, 0.4) is 0 Å². The Bertz CT molecular complexity index is 699. The maximum atomic E-state index is 6.04. The van der Waals surface area contributed by atoms with E-state index in [-0.39, 0.29) is 0 Å². The van der Waals surface area contributed by atoms with Crippen molar-refractivity contribution < 1.29 is 4.74 Å². The third-order valence-electron chi connectivity index (χ3n) is 2.93. The number of hydrogen-bond acceptors (Lipinski definition) is 3. The van der Waals surface area contributed by atoms with E-state index in [1.165, 1.54) is 22.9 Å². The normalized spacial score (nSPS) is 11.6. The zero-order chi connectivity index (χ0) is 16.8. The number of amidine groups is 1. The second-order valence-electron chi connectivity index (χ2n) is 5.07. The molecule has 2 N–H and O–H groups in total. The van der Waals surface area contributed by atoms with E-state index < -0.39 is 0 Å². The summed E-state index contributed by atoms with van der Waals surface area (Å²) in [6.45, 7) is 4.56. The van der Waals surface area contributed by atoms with Gasteiger partial charge in [-0.15, -0.1) is 0 Å². The fourth-order valence-corrected chi connectivity index (χ4v) is 3.07. The average Bonchev–Trinajstić information content (AvgIpc) is 2.44. The van der Waals surface area contributed by atoms with Crippen molar-refractivity contribution in [2.75, 3.05) is 12.4 Å².